The highest BCUT2D eigenvalue weighted by molar-refractivity contribution is 5.88. The van der Waals surface area contributed by atoms with Crippen LogP contribution >= 0.6 is 0 Å². The third kappa shape index (κ3) is 3.58. The molecule has 1 amide bonds. The molecule has 32 heavy (non-hydrogen) atoms. The Morgan fingerprint density at radius 3 is 2.56 bits per heavy atom. The Kier molecular flexibility index (Phi) is 5.50. The molecule has 0 bridgehead atoms. The van der Waals surface area contributed by atoms with Crippen LogP contribution in [-0.2, 0) is 24.3 Å². The van der Waals surface area contributed by atoms with Gasteiger partial charge >= 0.3 is 0 Å². The maximum atomic E-state index is 13.5. The first kappa shape index (κ1) is 20.7. The Labute approximate surface area is 192 Å². The van der Waals surface area contributed by atoms with Crippen LogP contribution in [0.1, 0.15) is 67.8 Å². The number of fused-ring (bicyclic) bond motifs is 3. The van der Waals surface area contributed by atoms with Gasteiger partial charge in [-0.25, -0.2) is 0 Å². The smallest absolute Gasteiger partial charge is 0.226 e. The molecule has 1 saturated carbocycles. The van der Waals surface area contributed by atoms with Crippen LogP contribution in [0.25, 0.3) is 10.9 Å². The van der Waals surface area contributed by atoms with Crippen molar-refractivity contribution < 1.29 is 4.79 Å². The Balaban J connectivity index is 1.30. The molecule has 1 aromatic carbocycles. The minimum Gasteiger partial charge on any atom is -0.341 e. The monoisotopic (exact) mass is 434 g/mol. The largest absolute Gasteiger partial charge is 0.341 e. The average molecular weight is 435 g/mol. The van der Waals surface area contributed by atoms with Crippen molar-refractivity contribution in [3.63, 3.8) is 0 Å². The molecule has 5 nitrogen and oxygen atoms in total. The van der Waals surface area contributed by atoms with Crippen molar-refractivity contribution in [1.29, 1.82) is 0 Å². The minimum absolute atomic E-state index is 0.278. The molecule has 1 aromatic heterocycles. The maximum absolute atomic E-state index is 13.5. The number of hydrogen-bond acceptors (Lipinski definition) is 3. The summed E-state index contributed by atoms with van der Waals surface area (Å²) >= 11 is 0. The summed E-state index contributed by atoms with van der Waals surface area (Å²) in [4.78, 5) is 20.8. The predicted molar refractivity (Wildman–Crippen MR) is 129 cm³/mol. The molecule has 2 aliphatic carbocycles. The summed E-state index contributed by atoms with van der Waals surface area (Å²) < 4.78 is 2.57. The van der Waals surface area contributed by atoms with Crippen molar-refractivity contribution in [1.82, 2.24) is 19.3 Å². The zero-order valence-corrected chi connectivity index (χ0v) is 19.7. The Bertz CT molecular complexity index is 997. The summed E-state index contributed by atoms with van der Waals surface area (Å²) in [6.45, 7) is 7.56. The van der Waals surface area contributed by atoms with Crippen LogP contribution in [0.15, 0.2) is 18.2 Å². The minimum atomic E-state index is 0.278. The summed E-state index contributed by atoms with van der Waals surface area (Å²) in [6, 6.07) is 7.50. The number of piperazine rings is 1. The molecule has 172 valence electrons. The number of aryl methyl sites for hydroxylation is 1. The Morgan fingerprint density at radius 2 is 1.75 bits per heavy atom. The first-order chi connectivity index (χ1) is 15.7. The highest BCUT2D eigenvalue weighted by atomic mass is 16.2. The lowest BCUT2D eigenvalue weighted by Gasteiger charge is -2.42. The zero-order valence-electron chi connectivity index (χ0n) is 19.7. The van der Waals surface area contributed by atoms with Crippen LogP contribution in [-0.4, -0.2) is 64.9 Å². The molecule has 4 aliphatic rings. The van der Waals surface area contributed by atoms with E-state index in [1.165, 1.54) is 72.9 Å². The van der Waals surface area contributed by atoms with E-state index < -0.39 is 0 Å². The molecular formula is C27H38N4O. The van der Waals surface area contributed by atoms with E-state index in [0.29, 0.717) is 11.9 Å². The second kappa shape index (κ2) is 8.49. The number of carbonyl (C=O) groups is 1. The normalized spacial score (nSPS) is 25.3. The van der Waals surface area contributed by atoms with Crippen molar-refractivity contribution in [3.05, 3.63) is 35.0 Å². The molecule has 2 aromatic rings. The van der Waals surface area contributed by atoms with E-state index in [4.69, 9.17) is 0 Å². The number of aromatic nitrogens is 1. The molecule has 0 spiro atoms. The van der Waals surface area contributed by atoms with Crippen molar-refractivity contribution in [2.75, 3.05) is 39.8 Å². The fourth-order valence-electron chi connectivity index (χ4n) is 6.86. The molecule has 6 rings (SSSR count). The number of rotatable bonds is 3. The molecule has 5 heteroatoms. The van der Waals surface area contributed by atoms with Crippen LogP contribution in [0, 0.1) is 5.92 Å². The number of benzene rings is 1. The van der Waals surface area contributed by atoms with Gasteiger partial charge in [-0.1, -0.05) is 25.3 Å². The van der Waals surface area contributed by atoms with Gasteiger partial charge in [0.15, 0.2) is 0 Å². The summed E-state index contributed by atoms with van der Waals surface area (Å²) in [5.41, 5.74) is 5.85. The van der Waals surface area contributed by atoms with Gasteiger partial charge in [-0.2, -0.15) is 0 Å². The fraction of sp³-hybridized carbons (Fsp3) is 0.667. The van der Waals surface area contributed by atoms with Gasteiger partial charge < -0.3 is 14.4 Å². The zero-order chi connectivity index (χ0) is 21.7. The third-order valence-corrected chi connectivity index (χ3v) is 8.68. The molecule has 2 fully saturated rings. The van der Waals surface area contributed by atoms with E-state index in [0.717, 1.165) is 52.0 Å². The average Bonchev–Trinajstić information content (AvgIpc) is 3.16. The lowest BCUT2D eigenvalue weighted by molar-refractivity contribution is -0.140. The quantitative estimate of drug-likeness (QED) is 0.726. The SMILES string of the molecule is CN1CCN(Cc2ccc3c(c2)c2c4n3CCN(C(=O)C3CCCCC3)C4CCC2)CC1. The molecular weight excluding hydrogens is 396 g/mol. The lowest BCUT2D eigenvalue weighted by atomic mass is 9.85. The standard InChI is InChI=1S/C27H38N4O/c1-28-12-14-29(15-13-28)19-20-10-11-24-23(18-20)22-8-5-9-25-26(22)30(24)16-17-31(25)27(32)21-6-3-2-4-7-21/h10-11,18,21,25H,2-9,12-17,19H2,1H3. The van der Waals surface area contributed by atoms with Crippen LogP contribution < -0.4 is 0 Å². The van der Waals surface area contributed by atoms with Gasteiger partial charge in [0.2, 0.25) is 5.91 Å². The first-order valence-electron chi connectivity index (χ1n) is 13.0. The maximum Gasteiger partial charge on any atom is 0.226 e. The van der Waals surface area contributed by atoms with Crippen LogP contribution in [0.5, 0.6) is 0 Å². The van der Waals surface area contributed by atoms with Gasteiger partial charge in [0.25, 0.3) is 0 Å². The van der Waals surface area contributed by atoms with E-state index in [2.05, 4.69) is 44.5 Å². The van der Waals surface area contributed by atoms with Crippen molar-refractivity contribution in [3.8, 4) is 0 Å². The number of likely N-dealkylation sites (N-methyl/N-ethyl adjacent to an activating group) is 1. The highest BCUT2D eigenvalue weighted by Crippen LogP contribution is 2.44. The summed E-state index contributed by atoms with van der Waals surface area (Å²) in [5, 5.41) is 1.46. The summed E-state index contributed by atoms with van der Waals surface area (Å²) in [5.74, 6) is 0.732. The number of carbonyl (C=O) groups excluding carboxylic acids is 1. The van der Waals surface area contributed by atoms with Gasteiger partial charge in [0.05, 0.1) is 6.04 Å². The first-order valence-corrected chi connectivity index (χ1v) is 13.0. The lowest BCUT2D eigenvalue weighted by Crippen LogP contribution is -2.46. The van der Waals surface area contributed by atoms with Crippen molar-refractivity contribution in [2.45, 2.75) is 70.5 Å². The van der Waals surface area contributed by atoms with Gasteiger partial charge in [0, 0.05) is 68.3 Å². The Morgan fingerprint density at radius 1 is 0.938 bits per heavy atom. The third-order valence-electron chi connectivity index (χ3n) is 8.68. The second-order valence-electron chi connectivity index (χ2n) is 10.7. The highest BCUT2D eigenvalue weighted by Gasteiger charge is 2.39. The number of hydrogen-bond donors (Lipinski definition) is 0. The van der Waals surface area contributed by atoms with Gasteiger partial charge in [-0.3, -0.25) is 9.69 Å². The molecule has 1 atom stereocenters. The second-order valence-corrected chi connectivity index (χ2v) is 10.7. The van der Waals surface area contributed by atoms with Gasteiger partial charge in [-0.15, -0.1) is 0 Å². The molecule has 1 unspecified atom stereocenters. The van der Waals surface area contributed by atoms with Crippen molar-refractivity contribution >= 4 is 16.8 Å². The van der Waals surface area contributed by atoms with Gasteiger partial charge in [-0.05, 0) is 62.4 Å². The van der Waals surface area contributed by atoms with Crippen LogP contribution in [0.2, 0.25) is 0 Å². The fourth-order valence-corrected chi connectivity index (χ4v) is 6.86. The van der Waals surface area contributed by atoms with Crippen LogP contribution in [0.3, 0.4) is 0 Å². The molecule has 3 heterocycles. The topological polar surface area (TPSA) is 31.7 Å². The van der Waals surface area contributed by atoms with Crippen molar-refractivity contribution in [2.24, 2.45) is 5.92 Å². The summed E-state index contributed by atoms with van der Waals surface area (Å²) in [7, 11) is 2.22. The van der Waals surface area contributed by atoms with Crippen LogP contribution in [0.4, 0.5) is 0 Å². The molecule has 1 saturated heterocycles. The number of nitrogens with zero attached hydrogens (tertiary/aromatic N) is 4. The molecule has 0 radical (unpaired) electrons. The predicted octanol–water partition coefficient (Wildman–Crippen LogP) is 4.19. The van der Waals surface area contributed by atoms with E-state index in [9.17, 15) is 4.79 Å². The van der Waals surface area contributed by atoms with E-state index in [1.807, 2.05) is 0 Å². The number of amides is 1. The summed E-state index contributed by atoms with van der Waals surface area (Å²) in [6.07, 6.45) is 9.48. The van der Waals surface area contributed by atoms with E-state index in [1.54, 1.807) is 0 Å². The van der Waals surface area contributed by atoms with E-state index in [-0.39, 0.29) is 5.92 Å². The Hall–Kier alpha value is -1.85. The molecule has 2 aliphatic heterocycles. The van der Waals surface area contributed by atoms with E-state index >= 15 is 0 Å². The van der Waals surface area contributed by atoms with Gasteiger partial charge in [0.1, 0.15) is 0 Å². The molecule has 0 N–H and O–H groups in total.